The van der Waals surface area contributed by atoms with Gasteiger partial charge in [-0.1, -0.05) is 44.2 Å². The Balaban J connectivity index is 2.15. The number of methoxy groups -OCH3 is 1. The molecule has 31 heavy (non-hydrogen) atoms. The Labute approximate surface area is 184 Å². The Morgan fingerprint density at radius 3 is 2.39 bits per heavy atom. The Morgan fingerprint density at radius 1 is 1.16 bits per heavy atom. The first kappa shape index (κ1) is 24.8. The minimum Gasteiger partial charge on any atom is -0.468 e. The van der Waals surface area contributed by atoms with Crippen molar-refractivity contribution in [1.29, 1.82) is 0 Å². The number of ether oxygens (including phenoxy) is 2. The summed E-state index contributed by atoms with van der Waals surface area (Å²) < 4.78 is 10.6. The van der Waals surface area contributed by atoms with Gasteiger partial charge in [-0.25, -0.2) is 0 Å². The summed E-state index contributed by atoms with van der Waals surface area (Å²) in [4.78, 5) is 39.2. The van der Waals surface area contributed by atoms with Crippen LogP contribution in [0.25, 0.3) is 0 Å². The van der Waals surface area contributed by atoms with Crippen LogP contribution in [0.15, 0.2) is 30.3 Å². The first-order chi connectivity index (χ1) is 14.6. The van der Waals surface area contributed by atoms with Gasteiger partial charge in [-0.2, -0.15) is 0 Å². The summed E-state index contributed by atoms with van der Waals surface area (Å²) >= 11 is 0. The van der Waals surface area contributed by atoms with Crippen molar-refractivity contribution < 1.29 is 23.9 Å². The van der Waals surface area contributed by atoms with Crippen molar-refractivity contribution in [2.45, 2.75) is 64.9 Å². The summed E-state index contributed by atoms with van der Waals surface area (Å²) in [5.41, 5.74) is 0.431. The van der Waals surface area contributed by atoms with Crippen molar-refractivity contribution in [3.05, 3.63) is 35.9 Å². The van der Waals surface area contributed by atoms with E-state index in [0.717, 1.165) is 5.56 Å². The van der Waals surface area contributed by atoms with Gasteiger partial charge in [0.2, 0.25) is 11.8 Å². The van der Waals surface area contributed by atoms with Gasteiger partial charge in [-0.3, -0.25) is 19.3 Å². The fourth-order valence-electron chi connectivity index (χ4n) is 3.96. The highest BCUT2D eigenvalue weighted by Gasteiger charge is 2.46. The molecule has 0 bridgehead atoms. The van der Waals surface area contributed by atoms with E-state index in [2.05, 4.69) is 15.4 Å². The van der Waals surface area contributed by atoms with Crippen LogP contribution in [0, 0.1) is 5.92 Å². The molecule has 0 aromatic heterocycles. The second-order valence-corrected chi connectivity index (χ2v) is 8.75. The summed E-state index contributed by atoms with van der Waals surface area (Å²) in [6.45, 7) is 9.88. The minimum absolute atomic E-state index is 0.0753. The fraction of sp³-hybridized carbons (Fsp3) is 0.609. The van der Waals surface area contributed by atoms with Crippen LogP contribution in [0.3, 0.4) is 0 Å². The normalized spacial score (nSPS) is 20.2. The summed E-state index contributed by atoms with van der Waals surface area (Å²) in [5, 5.41) is 5.41. The van der Waals surface area contributed by atoms with E-state index in [1.165, 1.54) is 7.11 Å². The predicted octanol–water partition coefficient (Wildman–Crippen LogP) is 2.00. The zero-order valence-electron chi connectivity index (χ0n) is 19.3. The Hall–Kier alpha value is -2.45. The molecular weight excluding hydrogens is 398 g/mol. The molecule has 1 heterocycles. The van der Waals surface area contributed by atoms with E-state index < -0.39 is 29.7 Å². The van der Waals surface area contributed by atoms with Crippen LogP contribution < -0.4 is 10.6 Å². The Kier molecular flexibility index (Phi) is 8.59. The average molecular weight is 434 g/mol. The van der Waals surface area contributed by atoms with Gasteiger partial charge >= 0.3 is 5.97 Å². The second kappa shape index (κ2) is 10.7. The number of nitrogens with zero attached hydrogens (tertiary/aromatic N) is 1. The summed E-state index contributed by atoms with van der Waals surface area (Å²) in [6.07, 6.45) is 0.452. The highest BCUT2D eigenvalue weighted by molar-refractivity contribution is 5.91. The first-order valence-electron chi connectivity index (χ1n) is 10.7. The summed E-state index contributed by atoms with van der Waals surface area (Å²) in [6, 6.07) is 8.57. The number of nitrogens with one attached hydrogen (secondary N) is 2. The molecule has 172 valence electrons. The number of carbonyl (C=O) groups excluding carboxylic acids is 3. The van der Waals surface area contributed by atoms with Gasteiger partial charge in [0, 0.05) is 0 Å². The van der Waals surface area contributed by atoms with Crippen LogP contribution in [0.1, 0.15) is 52.6 Å². The smallest absolute Gasteiger partial charge is 0.325 e. The van der Waals surface area contributed by atoms with Crippen LogP contribution in [0.2, 0.25) is 0 Å². The van der Waals surface area contributed by atoms with Crippen LogP contribution in [-0.4, -0.2) is 60.8 Å². The zero-order valence-corrected chi connectivity index (χ0v) is 19.3. The van der Waals surface area contributed by atoms with Crippen LogP contribution in [-0.2, 0) is 23.9 Å². The SMILES string of the molecule is COC(=O)CNC(=O)[C@H](CC(C)C)NC(=O)[C@@H](C)N1[C@@H](c2ccccc2)COC1(C)C. The molecule has 0 aliphatic carbocycles. The lowest BCUT2D eigenvalue weighted by atomic mass is 10.0. The molecule has 2 N–H and O–H groups in total. The minimum atomic E-state index is -0.749. The molecule has 1 fully saturated rings. The van der Waals surface area contributed by atoms with Crippen molar-refractivity contribution in [3.8, 4) is 0 Å². The Bertz CT molecular complexity index is 766. The van der Waals surface area contributed by atoms with Gasteiger partial charge in [0.15, 0.2) is 0 Å². The van der Waals surface area contributed by atoms with Crippen LogP contribution >= 0.6 is 0 Å². The predicted molar refractivity (Wildman–Crippen MR) is 117 cm³/mol. The second-order valence-electron chi connectivity index (χ2n) is 8.75. The van der Waals surface area contributed by atoms with E-state index in [4.69, 9.17) is 4.74 Å². The number of amides is 2. The molecule has 0 unspecified atom stereocenters. The molecule has 2 rings (SSSR count). The number of carbonyl (C=O) groups is 3. The van der Waals surface area contributed by atoms with Gasteiger partial charge < -0.3 is 20.1 Å². The third-order valence-electron chi connectivity index (χ3n) is 5.51. The van der Waals surface area contributed by atoms with Crippen LogP contribution in [0.4, 0.5) is 0 Å². The molecular formula is C23H35N3O5. The number of hydrogen-bond acceptors (Lipinski definition) is 6. The molecule has 8 nitrogen and oxygen atoms in total. The monoisotopic (exact) mass is 433 g/mol. The largest absolute Gasteiger partial charge is 0.468 e. The van der Waals surface area contributed by atoms with E-state index >= 15 is 0 Å². The zero-order chi connectivity index (χ0) is 23.2. The maximum atomic E-state index is 13.2. The molecule has 1 aliphatic heterocycles. The molecule has 0 radical (unpaired) electrons. The molecule has 1 aromatic carbocycles. The maximum absolute atomic E-state index is 13.2. The van der Waals surface area contributed by atoms with Crippen LogP contribution in [0.5, 0.6) is 0 Å². The van der Waals surface area contributed by atoms with E-state index in [1.807, 2.05) is 69.9 Å². The lowest BCUT2D eigenvalue weighted by Gasteiger charge is -2.38. The molecule has 3 atom stereocenters. The maximum Gasteiger partial charge on any atom is 0.325 e. The molecule has 2 amide bonds. The average Bonchev–Trinajstić information content (AvgIpc) is 3.05. The molecule has 1 aromatic rings. The third-order valence-corrected chi connectivity index (χ3v) is 5.51. The highest BCUT2D eigenvalue weighted by atomic mass is 16.5. The Morgan fingerprint density at radius 2 is 1.81 bits per heavy atom. The molecule has 0 spiro atoms. The van der Waals surface area contributed by atoms with Gasteiger partial charge in [-0.05, 0) is 38.7 Å². The number of rotatable bonds is 9. The van der Waals surface area contributed by atoms with Crippen molar-refractivity contribution in [2.24, 2.45) is 5.92 Å². The molecule has 1 aliphatic rings. The van der Waals surface area contributed by atoms with E-state index in [1.54, 1.807) is 0 Å². The quantitative estimate of drug-likeness (QED) is 0.578. The standard InChI is InChI=1S/C23H35N3O5/c1-15(2)12-18(22(29)24-13-20(27)30-6)25-21(28)16(3)26-19(14-31-23(26,4)5)17-10-8-7-9-11-17/h7-11,15-16,18-19H,12-14H2,1-6H3,(H,24,29)(H,25,28)/t16-,18+,19-/m1/s1. The number of hydrogen-bond donors (Lipinski definition) is 2. The van der Waals surface area contributed by atoms with Gasteiger partial charge in [0.05, 0.1) is 25.8 Å². The van der Waals surface area contributed by atoms with Crippen molar-refractivity contribution in [3.63, 3.8) is 0 Å². The number of benzene rings is 1. The lowest BCUT2D eigenvalue weighted by molar-refractivity contribution is -0.142. The van der Waals surface area contributed by atoms with E-state index in [-0.39, 0.29) is 24.4 Å². The molecule has 0 saturated carbocycles. The molecule has 1 saturated heterocycles. The summed E-state index contributed by atoms with van der Waals surface area (Å²) in [7, 11) is 1.26. The lowest BCUT2D eigenvalue weighted by Crippen LogP contribution is -2.56. The first-order valence-corrected chi connectivity index (χ1v) is 10.7. The summed E-state index contributed by atoms with van der Waals surface area (Å²) in [5.74, 6) is -1.04. The van der Waals surface area contributed by atoms with Crippen molar-refractivity contribution in [2.75, 3.05) is 20.3 Å². The van der Waals surface area contributed by atoms with Gasteiger partial charge in [0.25, 0.3) is 0 Å². The topological polar surface area (TPSA) is 97.0 Å². The third kappa shape index (κ3) is 6.51. The fourth-order valence-corrected chi connectivity index (χ4v) is 3.96. The van der Waals surface area contributed by atoms with E-state index in [9.17, 15) is 14.4 Å². The van der Waals surface area contributed by atoms with E-state index in [0.29, 0.717) is 13.0 Å². The number of esters is 1. The van der Waals surface area contributed by atoms with Crippen molar-refractivity contribution in [1.82, 2.24) is 15.5 Å². The van der Waals surface area contributed by atoms with Gasteiger partial charge in [-0.15, -0.1) is 0 Å². The highest BCUT2D eigenvalue weighted by Crippen LogP contribution is 2.38. The molecule has 8 heteroatoms. The van der Waals surface area contributed by atoms with Crippen molar-refractivity contribution >= 4 is 17.8 Å². The van der Waals surface area contributed by atoms with Gasteiger partial charge in [0.1, 0.15) is 18.3 Å².